The number of allylic oxidation sites excluding steroid dienone is 4. The van der Waals surface area contributed by atoms with Crippen LogP contribution < -0.4 is 0 Å². The molecular formula is C39H31N. The number of nitrogens with one attached hydrogen (secondary N) is 1. The second-order valence-corrected chi connectivity index (χ2v) is 10.4. The summed E-state index contributed by atoms with van der Waals surface area (Å²) in [5, 5.41) is 7.76. The van der Waals surface area contributed by atoms with Crippen molar-refractivity contribution < 1.29 is 0 Å². The molecule has 0 amide bonds. The van der Waals surface area contributed by atoms with Gasteiger partial charge >= 0.3 is 0 Å². The van der Waals surface area contributed by atoms with E-state index in [0.717, 1.165) is 12.8 Å². The lowest BCUT2D eigenvalue weighted by Crippen LogP contribution is -1.94. The lowest BCUT2D eigenvalue weighted by Gasteiger charge is -2.18. The number of aromatic nitrogens is 1. The number of para-hydroxylation sites is 2. The maximum absolute atomic E-state index is 3.71. The van der Waals surface area contributed by atoms with Crippen LogP contribution in [0.5, 0.6) is 0 Å². The predicted molar refractivity (Wildman–Crippen MR) is 174 cm³/mol. The lowest BCUT2D eigenvalue weighted by atomic mass is 9.86. The first-order chi connectivity index (χ1) is 19.8. The van der Waals surface area contributed by atoms with Crippen LogP contribution in [-0.4, -0.2) is 4.98 Å². The van der Waals surface area contributed by atoms with Crippen molar-refractivity contribution in [2.45, 2.75) is 19.8 Å². The number of H-pyrrole nitrogens is 1. The van der Waals surface area contributed by atoms with E-state index in [1.807, 2.05) is 0 Å². The fraction of sp³-hybridized carbons (Fsp3) is 0.0769. The maximum atomic E-state index is 3.71. The smallest absolute Gasteiger partial charge is 0.0544 e. The third kappa shape index (κ3) is 4.12. The third-order valence-electron chi connectivity index (χ3n) is 7.99. The highest BCUT2D eigenvalue weighted by Crippen LogP contribution is 2.42. The maximum Gasteiger partial charge on any atom is 0.0544 e. The van der Waals surface area contributed by atoms with Crippen molar-refractivity contribution in [1.29, 1.82) is 0 Å². The van der Waals surface area contributed by atoms with Crippen molar-refractivity contribution in [1.82, 2.24) is 4.98 Å². The molecule has 1 heterocycles. The van der Waals surface area contributed by atoms with Crippen molar-refractivity contribution in [3.8, 4) is 22.3 Å². The Kier molecular flexibility index (Phi) is 6.26. The average Bonchev–Trinajstić information content (AvgIpc) is 3.40. The van der Waals surface area contributed by atoms with E-state index < -0.39 is 0 Å². The fourth-order valence-corrected chi connectivity index (χ4v) is 6.16. The van der Waals surface area contributed by atoms with Gasteiger partial charge in [0.25, 0.3) is 0 Å². The SMILES string of the molecule is CC/C=C\C=C/Cc1c2ccccc2c(-c2ccccc2)c2cc(-c3cccc4c3[nH]c3ccccc34)ccc12. The molecule has 0 bridgehead atoms. The molecule has 0 aliphatic carbocycles. The van der Waals surface area contributed by atoms with E-state index in [2.05, 4.69) is 151 Å². The highest BCUT2D eigenvalue weighted by molar-refractivity contribution is 6.17. The van der Waals surface area contributed by atoms with Crippen molar-refractivity contribution in [3.63, 3.8) is 0 Å². The van der Waals surface area contributed by atoms with Gasteiger partial charge in [-0.05, 0) is 68.8 Å². The highest BCUT2D eigenvalue weighted by Gasteiger charge is 2.17. The molecule has 1 nitrogen and oxygen atoms in total. The number of rotatable bonds is 6. The average molecular weight is 514 g/mol. The number of fused-ring (bicyclic) bond motifs is 5. The first kappa shape index (κ1) is 24.2. The summed E-state index contributed by atoms with van der Waals surface area (Å²) in [6.07, 6.45) is 10.8. The normalized spacial score (nSPS) is 12.1. The molecule has 1 heteroatoms. The van der Waals surface area contributed by atoms with Crippen molar-refractivity contribution in [2.75, 3.05) is 0 Å². The zero-order valence-electron chi connectivity index (χ0n) is 22.7. The molecule has 0 atom stereocenters. The molecule has 0 unspecified atom stereocenters. The Morgan fingerprint density at radius 2 is 1.25 bits per heavy atom. The second-order valence-electron chi connectivity index (χ2n) is 10.4. The molecule has 7 aromatic rings. The lowest BCUT2D eigenvalue weighted by molar-refractivity contribution is 1.22. The van der Waals surface area contributed by atoms with Gasteiger partial charge in [0.1, 0.15) is 0 Å². The van der Waals surface area contributed by atoms with Crippen LogP contribution in [0, 0.1) is 0 Å². The Hall–Kier alpha value is -4.88. The molecule has 0 saturated heterocycles. The van der Waals surface area contributed by atoms with Gasteiger partial charge in [0.2, 0.25) is 0 Å². The van der Waals surface area contributed by atoms with E-state index in [-0.39, 0.29) is 0 Å². The number of aromatic amines is 1. The molecule has 192 valence electrons. The Labute approximate surface area is 235 Å². The van der Waals surface area contributed by atoms with Gasteiger partial charge in [-0.3, -0.25) is 0 Å². The number of benzene rings is 6. The Balaban J connectivity index is 1.52. The summed E-state index contributed by atoms with van der Waals surface area (Å²) in [7, 11) is 0. The fourth-order valence-electron chi connectivity index (χ4n) is 6.16. The molecule has 0 aliphatic heterocycles. The first-order valence-electron chi connectivity index (χ1n) is 14.2. The summed E-state index contributed by atoms with van der Waals surface area (Å²) >= 11 is 0. The van der Waals surface area contributed by atoms with Crippen LogP contribution in [0.25, 0.3) is 65.6 Å². The van der Waals surface area contributed by atoms with Crippen LogP contribution >= 0.6 is 0 Å². The summed E-state index contributed by atoms with van der Waals surface area (Å²) in [5.41, 5.74) is 8.75. The summed E-state index contributed by atoms with van der Waals surface area (Å²) in [5.74, 6) is 0. The van der Waals surface area contributed by atoms with Gasteiger partial charge in [-0.15, -0.1) is 0 Å². The van der Waals surface area contributed by atoms with Gasteiger partial charge in [-0.25, -0.2) is 0 Å². The van der Waals surface area contributed by atoms with Gasteiger partial charge in [0.15, 0.2) is 0 Å². The van der Waals surface area contributed by atoms with E-state index in [1.54, 1.807) is 0 Å². The summed E-state index contributed by atoms with van der Waals surface area (Å²) in [4.78, 5) is 3.71. The van der Waals surface area contributed by atoms with Gasteiger partial charge in [-0.2, -0.15) is 0 Å². The first-order valence-corrected chi connectivity index (χ1v) is 14.2. The van der Waals surface area contributed by atoms with Gasteiger partial charge < -0.3 is 4.98 Å². The van der Waals surface area contributed by atoms with Crippen LogP contribution in [0.3, 0.4) is 0 Å². The monoisotopic (exact) mass is 513 g/mol. The summed E-state index contributed by atoms with van der Waals surface area (Å²) in [6.45, 7) is 2.17. The minimum Gasteiger partial charge on any atom is -0.354 e. The van der Waals surface area contributed by atoms with E-state index in [9.17, 15) is 0 Å². The van der Waals surface area contributed by atoms with Gasteiger partial charge in [0.05, 0.1) is 5.52 Å². The molecule has 40 heavy (non-hydrogen) atoms. The van der Waals surface area contributed by atoms with Crippen LogP contribution in [0.4, 0.5) is 0 Å². The quantitative estimate of drug-likeness (QED) is 0.168. The Morgan fingerprint density at radius 1 is 0.550 bits per heavy atom. The van der Waals surface area contributed by atoms with Crippen molar-refractivity contribution >= 4 is 43.4 Å². The molecule has 0 aliphatic rings. The summed E-state index contributed by atoms with van der Waals surface area (Å²) < 4.78 is 0. The second kappa shape index (κ2) is 10.4. The van der Waals surface area contributed by atoms with Crippen LogP contribution in [0.1, 0.15) is 18.9 Å². The molecule has 6 aromatic carbocycles. The molecule has 0 spiro atoms. The van der Waals surface area contributed by atoms with Gasteiger partial charge in [0, 0.05) is 21.9 Å². The third-order valence-corrected chi connectivity index (χ3v) is 7.99. The molecule has 0 fully saturated rings. The van der Waals surface area contributed by atoms with Crippen LogP contribution in [-0.2, 0) is 6.42 Å². The molecule has 7 rings (SSSR count). The highest BCUT2D eigenvalue weighted by atomic mass is 14.7. The molecule has 1 N–H and O–H groups in total. The Morgan fingerprint density at radius 3 is 2.10 bits per heavy atom. The predicted octanol–water partition coefficient (Wildman–Crippen LogP) is 11.0. The number of hydrogen-bond acceptors (Lipinski definition) is 0. The topological polar surface area (TPSA) is 15.8 Å². The molecule has 0 radical (unpaired) electrons. The zero-order valence-corrected chi connectivity index (χ0v) is 22.7. The molecule has 1 aromatic heterocycles. The van der Waals surface area contributed by atoms with E-state index in [0.29, 0.717) is 0 Å². The van der Waals surface area contributed by atoms with Crippen LogP contribution in [0.15, 0.2) is 140 Å². The molecule has 0 saturated carbocycles. The van der Waals surface area contributed by atoms with E-state index in [4.69, 9.17) is 0 Å². The largest absolute Gasteiger partial charge is 0.354 e. The Bertz CT molecular complexity index is 2050. The minimum absolute atomic E-state index is 0.886. The number of hydrogen-bond donors (Lipinski definition) is 1. The minimum atomic E-state index is 0.886. The van der Waals surface area contributed by atoms with Crippen LogP contribution in [0.2, 0.25) is 0 Å². The van der Waals surface area contributed by atoms with Gasteiger partial charge in [-0.1, -0.05) is 134 Å². The molecular weight excluding hydrogens is 482 g/mol. The van der Waals surface area contributed by atoms with Crippen molar-refractivity contribution in [2.24, 2.45) is 0 Å². The van der Waals surface area contributed by atoms with E-state index in [1.165, 1.54) is 71.2 Å². The van der Waals surface area contributed by atoms with E-state index >= 15 is 0 Å². The summed E-state index contributed by atoms with van der Waals surface area (Å²) in [6, 6.07) is 42.0. The zero-order chi connectivity index (χ0) is 26.9. The van der Waals surface area contributed by atoms with Crippen molar-refractivity contribution in [3.05, 3.63) is 145 Å². The standard InChI is InChI=1S/C39H31N/c1-2-3-4-5-9-17-30-31-18-10-11-20-34(31)38(27-15-7-6-8-16-27)36-26-28(24-25-32(30)36)29-21-14-22-35-33-19-12-13-23-37(33)40-39(29)35/h3-16,18-26,40H,2,17H2,1H3/b4-3-,9-5-.